The number of esters is 1. The van der Waals surface area contributed by atoms with Crippen LogP contribution in [0, 0.1) is 11.7 Å². The number of hydrogen-bond donors (Lipinski definition) is 0. The molecule has 2 aromatic rings. The Labute approximate surface area is 140 Å². The minimum absolute atomic E-state index is 0.0993. The minimum Gasteiger partial charge on any atom is -0.459 e. The molecule has 0 amide bonds. The fourth-order valence-corrected chi connectivity index (χ4v) is 3.79. The molecule has 24 heavy (non-hydrogen) atoms. The second-order valence-electron chi connectivity index (χ2n) is 6.55. The van der Waals surface area contributed by atoms with Crippen LogP contribution in [0.25, 0.3) is 0 Å². The first-order valence-electron chi connectivity index (χ1n) is 8.37. The van der Waals surface area contributed by atoms with E-state index in [0.29, 0.717) is 11.5 Å². The smallest absolute Gasteiger partial charge is 0.334 e. The summed E-state index contributed by atoms with van der Waals surface area (Å²) in [6.07, 6.45) is 6.79. The van der Waals surface area contributed by atoms with Gasteiger partial charge in [-0.1, -0.05) is 18.2 Å². The molecule has 0 saturated carbocycles. The number of piperidine rings is 3. The molecule has 2 unspecified atom stereocenters. The number of benzene rings is 1. The number of fused-ring (bicyclic) bond motifs is 3. The lowest BCUT2D eigenvalue weighted by atomic mass is 9.86. The number of rotatable bonds is 4. The number of hydrogen-bond acceptors (Lipinski definition) is 4. The quantitative estimate of drug-likeness (QED) is 0.807. The van der Waals surface area contributed by atoms with Crippen molar-refractivity contribution in [3.8, 4) is 0 Å². The van der Waals surface area contributed by atoms with Crippen molar-refractivity contribution >= 4 is 5.97 Å². The van der Waals surface area contributed by atoms with Crippen LogP contribution < -0.4 is 0 Å². The number of carbonyl (C=O) groups excluding carboxylic acids is 1. The van der Waals surface area contributed by atoms with Crippen LogP contribution in [0.4, 0.5) is 4.39 Å². The number of ether oxygens (including phenoxy) is 1. The van der Waals surface area contributed by atoms with Gasteiger partial charge in [0.15, 0.2) is 6.04 Å². The van der Waals surface area contributed by atoms with E-state index in [1.165, 1.54) is 12.4 Å². The van der Waals surface area contributed by atoms with Crippen molar-refractivity contribution in [3.63, 3.8) is 0 Å². The number of nitrogens with zero attached hydrogens (tertiary/aromatic N) is 3. The minimum atomic E-state index is -0.843. The first-order valence-corrected chi connectivity index (χ1v) is 8.37. The predicted octanol–water partition coefficient (Wildman–Crippen LogP) is 2.25. The fourth-order valence-electron chi connectivity index (χ4n) is 3.79. The molecule has 4 heterocycles. The molecule has 0 aliphatic carbocycles. The third-order valence-corrected chi connectivity index (χ3v) is 5.11. The van der Waals surface area contributed by atoms with Crippen LogP contribution in [0.2, 0.25) is 0 Å². The zero-order valence-corrected chi connectivity index (χ0v) is 13.3. The zero-order valence-electron chi connectivity index (χ0n) is 13.3. The molecule has 1 aromatic heterocycles. The monoisotopic (exact) mass is 329 g/mol. The van der Waals surface area contributed by atoms with Crippen molar-refractivity contribution in [2.75, 3.05) is 19.6 Å². The Bertz CT molecular complexity index is 711. The summed E-state index contributed by atoms with van der Waals surface area (Å²) in [4.78, 5) is 19.2. The second-order valence-corrected chi connectivity index (χ2v) is 6.55. The standard InChI is InChI=1S/C18H20FN3O2/c19-15-4-2-1-3-14(15)17(22-10-7-20-12-22)18(23)24-16-11-21-8-5-13(16)6-9-21/h1-4,7,10,12-13,16-17H,5-6,8-9,11H2. The number of carbonyl (C=O) groups is 1. The van der Waals surface area contributed by atoms with E-state index in [1.54, 1.807) is 35.2 Å². The van der Waals surface area contributed by atoms with Gasteiger partial charge in [0, 0.05) is 24.5 Å². The molecule has 2 bridgehead atoms. The van der Waals surface area contributed by atoms with E-state index in [0.717, 1.165) is 32.5 Å². The van der Waals surface area contributed by atoms with Crippen LogP contribution in [-0.4, -0.2) is 46.2 Å². The van der Waals surface area contributed by atoms with Gasteiger partial charge in [0.25, 0.3) is 0 Å². The summed E-state index contributed by atoms with van der Waals surface area (Å²) in [6, 6.07) is 5.48. The molecule has 2 atom stereocenters. The second kappa shape index (κ2) is 6.36. The van der Waals surface area contributed by atoms with E-state index in [9.17, 15) is 9.18 Å². The molecule has 0 N–H and O–H groups in total. The van der Waals surface area contributed by atoms with Gasteiger partial charge in [-0.15, -0.1) is 0 Å². The largest absolute Gasteiger partial charge is 0.459 e. The van der Waals surface area contributed by atoms with Crippen molar-refractivity contribution in [1.29, 1.82) is 0 Å². The first kappa shape index (κ1) is 15.3. The summed E-state index contributed by atoms with van der Waals surface area (Å²) in [7, 11) is 0. The Balaban J connectivity index is 1.59. The molecule has 126 valence electrons. The van der Waals surface area contributed by atoms with Gasteiger partial charge in [0.05, 0.1) is 6.33 Å². The van der Waals surface area contributed by atoms with Gasteiger partial charge < -0.3 is 9.30 Å². The molecular formula is C18H20FN3O2. The van der Waals surface area contributed by atoms with E-state index < -0.39 is 17.8 Å². The van der Waals surface area contributed by atoms with Crippen LogP contribution in [0.5, 0.6) is 0 Å². The average molecular weight is 329 g/mol. The first-order chi connectivity index (χ1) is 11.7. The molecule has 0 radical (unpaired) electrons. The lowest BCUT2D eigenvalue weighted by Gasteiger charge is -2.44. The number of imidazole rings is 1. The molecule has 3 saturated heterocycles. The van der Waals surface area contributed by atoms with Gasteiger partial charge in [-0.25, -0.2) is 14.2 Å². The zero-order chi connectivity index (χ0) is 16.5. The SMILES string of the molecule is O=C(OC1CN2CCC1CC2)C(c1ccccc1F)n1ccnc1. The van der Waals surface area contributed by atoms with Crippen molar-refractivity contribution in [2.24, 2.45) is 5.92 Å². The maximum absolute atomic E-state index is 14.3. The Morgan fingerprint density at radius 1 is 1.29 bits per heavy atom. The highest BCUT2D eigenvalue weighted by Crippen LogP contribution is 2.31. The lowest BCUT2D eigenvalue weighted by Crippen LogP contribution is -2.52. The van der Waals surface area contributed by atoms with Gasteiger partial charge in [-0.05, 0) is 37.9 Å². The third-order valence-electron chi connectivity index (χ3n) is 5.11. The molecule has 5 rings (SSSR count). The highest BCUT2D eigenvalue weighted by Gasteiger charge is 2.38. The number of aromatic nitrogens is 2. The summed E-state index contributed by atoms with van der Waals surface area (Å²) in [5.74, 6) is -0.415. The summed E-state index contributed by atoms with van der Waals surface area (Å²) in [5.41, 5.74) is 0.307. The summed E-state index contributed by atoms with van der Waals surface area (Å²) in [6.45, 7) is 2.94. The Kier molecular flexibility index (Phi) is 4.06. The van der Waals surface area contributed by atoms with Crippen LogP contribution in [0.3, 0.4) is 0 Å². The van der Waals surface area contributed by atoms with Crippen LogP contribution in [0.15, 0.2) is 43.0 Å². The van der Waals surface area contributed by atoms with Gasteiger partial charge in [0.2, 0.25) is 0 Å². The Morgan fingerprint density at radius 3 is 2.71 bits per heavy atom. The molecule has 1 aromatic carbocycles. The van der Waals surface area contributed by atoms with Crippen molar-refractivity contribution in [1.82, 2.24) is 14.5 Å². The normalized spacial score (nSPS) is 27.0. The summed E-state index contributed by atoms with van der Waals surface area (Å²) < 4.78 is 21.7. The van der Waals surface area contributed by atoms with Crippen molar-refractivity contribution in [3.05, 3.63) is 54.4 Å². The molecule has 5 nitrogen and oxygen atoms in total. The predicted molar refractivity (Wildman–Crippen MR) is 85.8 cm³/mol. The number of halogens is 1. The van der Waals surface area contributed by atoms with Crippen molar-refractivity contribution < 1.29 is 13.9 Å². The van der Waals surface area contributed by atoms with Gasteiger partial charge in [0.1, 0.15) is 11.9 Å². The molecular weight excluding hydrogens is 309 g/mol. The van der Waals surface area contributed by atoms with Crippen LogP contribution in [0.1, 0.15) is 24.4 Å². The highest BCUT2D eigenvalue weighted by atomic mass is 19.1. The molecule has 3 aliphatic heterocycles. The average Bonchev–Trinajstić information content (AvgIpc) is 3.12. The van der Waals surface area contributed by atoms with E-state index >= 15 is 0 Å². The van der Waals surface area contributed by atoms with E-state index in [1.807, 2.05) is 0 Å². The van der Waals surface area contributed by atoms with Crippen molar-refractivity contribution in [2.45, 2.75) is 25.0 Å². The van der Waals surface area contributed by atoms with E-state index in [-0.39, 0.29) is 6.10 Å². The topological polar surface area (TPSA) is 47.4 Å². The summed E-state index contributed by atoms with van der Waals surface area (Å²) in [5, 5.41) is 0. The van der Waals surface area contributed by atoms with Gasteiger partial charge in [-0.3, -0.25) is 4.90 Å². The third kappa shape index (κ3) is 2.82. The van der Waals surface area contributed by atoms with Gasteiger partial charge >= 0.3 is 5.97 Å². The maximum Gasteiger partial charge on any atom is 0.334 e. The fraction of sp³-hybridized carbons (Fsp3) is 0.444. The molecule has 0 spiro atoms. The Morgan fingerprint density at radius 2 is 2.08 bits per heavy atom. The highest BCUT2D eigenvalue weighted by molar-refractivity contribution is 5.78. The summed E-state index contributed by atoms with van der Waals surface area (Å²) >= 11 is 0. The lowest BCUT2D eigenvalue weighted by molar-refractivity contribution is -0.161. The Hall–Kier alpha value is -2.21. The maximum atomic E-state index is 14.3. The van der Waals surface area contributed by atoms with Gasteiger partial charge in [-0.2, -0.15) is 0 Å². The molecule has 3 fully saturated rings. The van der Waals surface area contributed by atoms with Crippen LogP contribution >= 0.6 is 0 Å². The van der Waals surface area contributed by atoms with E-state index in [2.05, 4.69) is 9.88 Å². The molecule has 6 heteroatoms. The molecule has 3 aliphatic rings. The van der Waals surface area contributed by atoms with Crippen LogP contribution in [-0.2, 0) is 9.53 Å². The van der Waals surface area contributed by atoms with E-state index in [4.69, 9.17) is 4.74 Å².